The number of carbonyl (C=O) groups is 1. The summed E-state index contributed by atoms with van der Waals surface area (Å²) in [6.45, 7) is 3.83. The SMILES string of the molecule is Cc1nc(CNC(=O)c2cc(N)cnc2Cl)oc1C. The second-order valence-corrected chi connectivity index (χ2v) is 4.40. The van der Waals surface area contributed by atoms with E-state index in [0.717, 1.165) is 11.5 Å². The predicted octanol–water partition coefficient (Wildman–Crippen LogP) is 1.85. The highest BCUT2D eigenvalue weighted by atomic mass is 35.5. The fourth-order valence-electron chi connectivity index (χ4n) is 1.49. The monoisotopic (exact) mass is 280 g/mol. The molecule has 0 atom stereocenters. The van der Waals surface area contributed by atoms with Gasteiger partial charge in [-0.2, -0.15) is 0 Å². The molecule has 0 unspecified atom stereocenters. The summed E-state index contributed by atoms with van der Waals surface area (Å²) in [5, 5.41) is 2.75. The number of rotatable bonds is 3. The number of nitrogens with zero attached hydrogens (tertiary/aromatic N) is 2. The number of amides is 1. The molecule has 0 aromatic carbocycles. The van der Waals surface area contributed by atoms with E-state index in [1.54, 1.807) is 0 Å². The van der Waals surface area contributed by atoms with Gasteiger partial charge in [0.05, 0.1) is 29.7 Å². The minimum absolute atomic E-state index is 0.103. The fourth-order valence-corrected chi connectivity index (χ4v) is 1.68. The molecule has 3 N–H and O–H groups in total. The van der Waals surface area contributed by atoms with Crippen molar-refractivity contribution in [3.8, 4) is 0 Å². The number of oxazole rings is 1. The molecule has 6 nitrogen and oxygen atoms in total. The zero-order chi connectivity index (χ0) is 14.0. The quantitative estimate of drug-likeness (QED) is 0.837. The number of nitrogens with two attached hydrogens (primary N) is 1. The molecule has 0 bridgehead atoms. The minimum atomic E-state index is -0.377. The summed E-state index contributed by atoms with van der Waals surface area (Å²) in [5.74, 6) is 0.794. The standard InChI is InChI=1S/C12H13ClN4O2/c1-6-7(2)19-10(17-6)5-16-12(18)9-3-8(14)4-15-11(9)13/h3-4H,5,14H2,1-2H3,(H,16,18). The molecule has 19 heavy (non-hydrogen) atoms. The first kappa shape index (κ1) is 13.4. The van der Waals surface area contributed by atoms with Crippen molar-refractivity contribution in [1.82, 2.24) is 15.3 Å². The van der Waals surface area contributed by atoms with Gasteiger partial charge in [-0.3, -0.25) is 4.79 Å². The summed E-state index contributed by atoms with van der Waals surface area (Å²) in [5.41, 5.74) is 6.96. The largest absolute Gasteiger partial charge is 0.444 e. The molecular formula is C12H13ClN4O2. The van der Waals surface area contributed by atoms with Crippen LogP contribution in [-0.4, -0.2) is 15.9 Å². The van der Waals surface area contributed by atoms with Crippen LogP contribution in [0, 0.1) is 13.8 Å². The van der Waals surface area contributed by atoms with Crippen molar-refractivity contribution in [3.63, 3.8) is 0 Å². The van der Waals surface area contributed by atoms with Crippen molar-refractivity contribution in [2.24, 2.45) is 0 Å². The van der Waals surface area contributed by atoms with E-state index >= 15 is 0 Å². The van der Waals surface area contributed by atoms with Gasteiger partial charge in [0.1, 0.15) is 10.9 Å². The Balaban J connectivity index is 2.07. The lowest BCUT2D eigenvalue weighted by atomic mass is 10.2. The third-order valence-electron chi connectivity index (χ3n) is 2.58. The van der Waals surface area contributed by atoms with E-state index in [9.17, 15) is 4.79 Å². The molecule has 0 saturated carbocycles. The molecule has 100 valence electrons. The Morgan fingerprint density at radius 1 is 1.53 bits per heavy atom. The minimum Gasteiger partial charge on any atom is -0.444 e. The zero-order valence-corrected chi connectivity index (χ0v) is 11.3. The lowest BCUT2D eigenvalue weighted by Gasteiger charge is -2.05. The molecule has 0 radical (unpaired) electrons. The van der Waals surface area contributed by atoms with Crippen LogP contribution in [-0.2, 0) is 6.54 Å². The summed E-state index contributed by atoms with van der Waals surface area (Å²) >= 11 is 5.84. The smallest absolute Gasteiger partial charge is 0.254 e. The van der Waals surface area contributed by atoms with E-state index in [1.165, 1.54) is 12.3 Å². The molecule has 0 saturated heterocycles. The maximum atomic E-state index is 11.9. The first-order valence-corrected chi connectivity index (χ1v) is 5.97. The Bertz CT molecular complexity index is 605. The van der Waals surface area contributed by atoms with E-state index in [-0.39, 0.29) is 23.2 Å². The molecule has 0 aliphatic rings. The topological polar surface area (TPSA) is 94.0 Å². The van der Waals surface area contributed by atoms with E-state index in [1.807, 2.05) is 13.8 Å². The number of carbonyl (C=O) groups excluding carboxylic acids is 1. The average molecular weight is 281 g/mol. The molecular weight excluding hydrogens is 268 g/mol. The summed E-state index contributed by atoms with van der Waals surface area (Å²) in [6.07, 6.45) is 1.39. The van der Waals surface area contributed by atoms with Crippen LogP contribution in [0.15, 0.2) is 16.7 Å². The van der Waals surface area contributed by atoms with E-state index in [0.29, 0.717) is 11.6 Å². The number of halogens is 1. The van der Waals surface area contributed by atoms with Crippen LogP contribution in [0.2, 0.25) is 5.15 Å². The molecule has 2 aromatic rings. The summed E-state index contributed by atoms with van der Waals surface area (Å²) in [6, 6.07) is 1.47. The van der Waals surface area contributed by atoms with Gasteiger partial charge in [-0.25, -0.2) is 9.97 Å². The van der Waals surface area contributed by atoms with Gasteiger partial charge in [0.25, 0.3) is 5.91 Å². The van der Waals surface area contributed by atoms with Crippen LogP contribution in [0.3, 0.4) is 0 Å². The molecule has 7 heteroatoms. The number of nitrogen functional groups attached to an aromatic ring is 1. The second-order valence-electron chi connectivity index (χ2n) is 4.04. The van der Waals surface area contributed by atoms with Crippen molar-refractivity contribution in [2.75, 3.05) is 5.73 Å². The Labute approximate surface area is 115 Å². The highest BCUT2D eigenvalue weighted by molar-refractivity contribution is 6.32. The van der Waals surface area contributed by atoms with Crippen LogP contribution < -0.4 is 11.1 Å². The van der Waals surface area contributed by atoms with Crippen molar-refractivity contribution < 1.29 is 9.21 Å². The van der Waals surface area contributed by atoms with Crippen LogP contribution in [0.1, 0.15) is 27.7 Å². The van der Waals surface area contributed by atoms with Gasteiger partial charge in [-0.05, 0) is 19.9 Å². The van der Waals surface area contributed by atoms with Crippen molar-refractivity contribution in [3.05, 3.63) is 40.3 Å². The number of aromatic nitrogens is 2. The highest BCUT2D eigenvalue weighted by Gasteiger charge is 2.13. The van der Waals surface area contributed by atoms with Gasteiger partial charge in [-0.15, -0.1) is 0 Å². The third kappa shape index (κ3) is 3.03. The molecule has 2 heterocycles. The van der Waals surface area contributed by atoms with Gasteiger partial charge >= 0.3 is 0 Å². The lowest BCUT2D eigenvalue weighted by molar-refractivity contribution is 0.0947. The molecule has 2 aromatic heterocycles. The number of nitrogens with one attached hydrogen (secondary N) is 1. The van der Waals surface area contributed by atoms with Crippen LogP contribution >= 0.6 is 11.6 Å². The Hall–Kier alpha value is -2.08. The molecule has 0 aliphatic heterocycles. The first-order valence-electron chi connectivity index (χ1n) is 5.59. The maximum Gasteiger partial charge on any atom is 0.254 e. The average Bonchev–Trinajstić information content (AvgIpc) is 2.69. The summed E-state index contributed by atoms with van der Waals surface area (Å²) in [7, 11) is 0. The van der Waals surface area contributed by atoms with Crippen LogP contribution in [0.5, 0.6) is 0 Å². The van der Waals surface area contributed by atoms with Crippen molar-refractivity contribution in [1.29, 1.82) is 0 Å². The number of anilines is 1. The lowest BCUT2D eigenvalue weighted by Crippen LogP contribution is -2.23. The molecule has 0 fully saturated rings. The highest BCUT2D eigenvalue weighted by Crippen LogP contribution is 2.15. The molecule has 1 amide bonds. The van der Waals surface area contributed by atoms with Crippen LogP contribution in [0.25, 0.3) is 0 Å². The Morgan fingerprint density at radius 2 is 2.26 bits per heavy atom. The van der Waals surface area contributed by atoms with Gasteiger partial charge in [0.15, 0.2) is 0 Å². The third-order valence-corrected chi connectivity index (χ3v) is 2.88. The second kappa shape index (κ2) is 5.27. The fraction of sp³-hybridized carbons (Fsp3) is 0.250. The number of hydrogen-bond donors (Lipinski definition) is 2. The van der Waals surface area contributed by atoms with E-state index < -0.39 is 0 Å². The summed E-state index contributed by atoms with van der Waals surface area (Å²) in [4.78, 5) is 19.9. The van der Waals surface area contributed by atoms with Gasteiger partial charge < -0.3 is 15.5 Å². The number of aryl methyl sites for hydroxylation is 2. The van der Waals surface area contributed by atoms with Gasteiger partial charge in [-0.1, -0.05) is 11.6 Å². The molecule has 2 rings (SSSR count). The predicted molar refractivity (Wildman–Crippen MR) is 70.8 cm³/mol. The normalized spacial score (nSPS) is 10.5. The molecule has 0 spiro atoms. The van der Waals surface area contributed by atoms with Crippen molar-refractivity contribution in [2.45, 2.75) is 20.4 Å². The first-order chi connectivity index (χ1) is 8.97. The van der Waals surface area contributed by atoms with Gasteiger partial charge in [0.2, 0.25) is 5.89 Å². The van der Waals surface area contributed by atoms with E-state index in [4.69, 9.17) is 21.8 Å². The summed E-state index contributed by atoms with van der Waals surface area (Å²) < 4.78 is 5.36. The Kier molecular flexibility index (Phi) is 3.71. The zero-order valence-electron chi connectivity index (χ0n) is 10.5. The molecule has 0 aliphatic carbocycles. The Morgan fingerprint density at radius 3 is 2.89 bits per heavy atom. The maximum absolute atomic E-state index is 11.9. The number of pyridine rings is 1. The van der Waals surface area contributed by atoms with Gasteiger partial charge in [0, 0.05) is 0 Å². The number of hydrogen-bond acceptors (Lipinski definition) is 5. The van der Waals surface area contributed by atoms with E-state index in [2.05, 4.69) is 15.3 Å². The van der Waals surface area contributed by atoms with Crippen LogP contribution in [0.4, 0.5) is 5.69 Å². The van der Waals surface area contributed by atoms with Crippen molar-refractivity contribution >= 4 is 23.2 Å².